The van der Waals surface area contributed by atoms with Gasteiger partial charge in [-0.2, -0.15) is 0 Å². The summed E-state index contributed by atoms with van der Waals surface area (Å²) in [5.74, 6) is -0.189. The minimum atomic E-state index is -1.07. The van der Waals surface area contributed by atoms with Gasteiger partial charge in [-0.3, -0.25) is 14.9 Å². The summed E-state index contributed by atoms with van der Waals surface area (Å²) < 4.78 is 15.5. The topological polar surface area (TPSA) is 117 Å². The van der Waals surface area contributed by atoms with Gasteiger partial charge in [0.15, 0.2) is 17.6 Å². The van der Waals surface area contributed by atoms with Gasteiger partial charge in [0.25, 0.3) is 11.6 Å². The molecule has 0 saturated carbocycles. The first kappa shape index (κ1) is 17.2. The fraction of sp³-hybridized carbons (Fsp3) is 0.176. The Bertz CT molecular complexity index is 864. The van der Waals surface area contributed by atoms with Crippen molar-refractivity contribution in [3.8, 4) is 11.5 Å². The summed E-state index contributed by atoms with van der Waals surface area (Å²) in [6.07, 6.45) is -1.07. The summed E-state index contributed by atoms with van der Waals surface area (Å²) in [6.45, 7) is 1.54. The van der Waals surface area contributed by atoms with Crippen LogP contribution in [0.3, 0.4) is 0 Å². The Kier molecular flexibility index (Phi) is 4.70. The maximum absolute atomic E-state index is 12.2. The Morgan fingerprint density at radius 2 is 1.85 bits per heavy atom. The van der Waals surface area contributed by atoms with Crippen molar-refractivity contribution in [3.05, 3.63) is 58.1 Å². The molecule has 0 fully saturated rings. The molecule has 1 amide bonds. The second-order valence-electron chi connectivity index (χ2n) is 5.41. The first-order valence-electron chi connectivity index (χ1n) is 7.60. The maximum atomic E-state index is 12.2. The highest BCUT2D eigenvalue weighted by Gasteiger charge is 2.21. The smallest absolute Gasteiger partial charge is 0.338 e. The van der Waals surface area contributed by atoms with Crippen molar-refractivity contribution in [2.75, 3.05) is 12.1 Å². The van der Waals surface area contributed by atoms with Crippen LogP contribution in [0.5, 0.6) is 11.5 Å². The number of benzene rings is 2. The van der Waals surface area contributed by atoms with E-state index in [-0.39, 0.29) is 18.0 Å². The van der Waals surface area contributed by atoms with Crippen LogP contribution in [0.25, 0.3) is 0 Å². The van der Waals surface area contributed by atoms with E-state index in [4.69, 9.17) is 14.2 Å². The molecule has 0 bridgehead atoms. The molecule has 9 nitrogen and oxygen atoms in total. The van der Waals surface area contributed by atoms with Gasteiger partial charge in [-0.15, -0.1) is 0 Å². The lowest BCUT2D eigenvalue weighted by atomic mass is 10.2. The molecule has 0 unspecified atom stereocenters. The number of carbonyl (C=O) groups is 2. The molecular formula is C17H14N2O7. The molecule has 0 radical (unpaired) electrons. The van der Waals surface area contributed by atoms with E-state index in [9.17, 15) is 19.7 Å². The molecule has 2 aromatic carbocycles. The number of amides is 1. The van der Waals surface area contributed by atoms with Gasteiger partial charge in [0, 0.05) is 23.9 Å². The van der Waals surface area contributed by atoms with Crippen LogP contribution in [0.15, 0.2) is 42.5 Å². The third-order valence-electron chi connectivity index (χ3n) is 3.61. The summed E-state index contributed by atoms with van der Waals surface area (Å²) in [7, 11) is 0. The average Bonchev–Trinajstić information content (AvgIpc) is 3.09. The van der Waals surface area contributed by atoms with Crippen molar-refractivity contribution in [1.29, 1.82) is 0 Å². The van der Waals surface area contributed by atoms with E-state index < -0.39 is 22.9 Å². The first-order chi connectivity index (χ1) is 12.4. The summed E-state index contributed by atoms with van der Waals surface area (Å²) >= 11 is 0. The van der Waals surface area contributed by atoms with Crippen LogP contribution in [0.1, 0.15) is 17.3 Å². The van der Waals surface area contributed by atoms with Gasteiger partial charge in [0.2, 0.25) is 6.79 Å². The monoisotopic (exact) mass is 358 g/mol. The number of fused-ring (bicyclic) bond motifs is 1. The number of nitro groups is 1. The minimum Gasteiger partial charge on any atom is -0.454 e. The second kappa shape index (κ2) is 7.09. The number of rotatable bonds is 5. The van der Waals surface area contributed by atoms with Crippen LogP contribution in [-0.4, -0.2) is 29.7 Å². The predicted octanol–water partition coefficient (Wildman–Crippen LogP) is 2.51. The molecular weight excluding hydrogens is 344 g/mol. The van der Waals surface area contributed by atoms with E-state index in [0.717, 1.165) is 0 Å². The van der Waals surface area contributed by atoms with Crippen molar-refractivity contribution in [3.63, 3.8) is 0 Å². The lowest BCUT2D eigenvalue weighted by molar-refractivity contribution is -0.384. The lowest BCUT2D eigenvalue weighted by Crippen LogP contribution is -2.30. The number of anilines is 1. The number of non-ortho nitro benzene ring substituents is 1. The summed E-state index contributed by atoms with van der Waals surface area (Å²) in [6, 6.07) is 9.81. The van der Waals surface area contributed by atoms with Crippen molar-refractivity contribution in [2.45, 2.75) is 13.0 Å². The van der Waals surface area contributed by atoms with Crippen LogP contribution in [0, 0.1) is 10.1 Å². The number of esters is 1. The molecule has 1 heterocycles. The molecule has 2 aromatic rings. The molecule has 1 aliphatic rings. The van der Waals surface area contributed by atoms with Gasteiger partial charge in [0.1, 0.15) is 0 Å². The van der Waals surface area contributed by atoms with E-state index >= 15 is 0 Å². The van der Waals surface area contributed by atoms with Crippen LogP contribution in [0.4, 0.5) is 11.4 Å². The van der Waals surface area contributed by atoms with Crippen molar-refractivity contribution in [1.82, 2.24) is 0 Å². The van der Waals surface area contributed by atoms with E-state index in [2.05, 4.69) is 5.32 Å². The normalized spacial score (nSPS) is 13.0. The number of nitro benzene ring substituents is 1. The van der Waals surface area contributed by atoms with Gasteiger partial charge < -0.3 is 19.5 Å². The quantitative estimate of drug-likeness (QED) is 0.496. The van der Waals surface area contributed by atoms with Gasteiger partial charge in [-0.25, -0.2) is 4.79 Å². The molecule has 134 valence electrons. The molecule has 0 spiro atoms. The van der Waals surface area contributed by atoms with E-state index in [1.807, 2.05) is 0 Å². The van der Waals surface area contributed by atoms with E-state index in [0.29, 0.717) is 17.2 Å². The standard InChI is InChI=1S/C17H14N2O7/c1-10(26-17(21)11-2-5-13(6-3-11)19(22)23)16(20)18-12-4-7-14-15(8-12)25-9-24-14/h2-8,10H,9H2,1H3,(H,18,20)/t10-/m1/s1. The third-order valence-corrected chi connectivity index (χ3v) is 3.61. The van der Waals surface area contributed by atoms with Crippen LogP contribution < -0.4 is 14.8 Å². The first-order valence-corrected chi connectivity index (χ1v) is 7.60. The fourth-order valence-electron chi connectivity index (χ4n) is 2.22. The zero-order chi connectivity index (χ0) is 18.7. The van der Waals surface area contributed by atoms with Crippen LogP contribution in [-0.2, 0) is 9.53 Å². The summed E-state index contributed by atoms with van der Waals surface area (Å²) in [5, 5.41) is 13.2. The second-order valence-corrected chi connectivity index (χ2v) is 5.41. The van der Waals surface area contributed by atoms with E-state index in [1.54, 1.807) is 18.2 Å². The third kappa shape index (κ3) is 3.72. The van der Waals surface area contributed by atoms with Gasteiger partial charge in [0.05, 0.1) is 10.5 Å². The van der Waals surface area contributed by atoms with Crippen molar-refractivity contribution >= 4 is 23.3 Å². The summed E-state index contributed by atoms with van der Waals surface area (Å²) in [5.41, 5.74) is 0.436. The number of nitrogens with one attached hydrogen (secondary N) is 1. The van der Waals surface area contributed by atoms with Crippen molar-refractivity contribution in [2.24, 2.45) is 0 Å². The van der Waals surface area contributed by atoms with E-state index in [1.165, 1.54) is 31.2 Å². The van der Waals surface area contributed by atoms with Crippen LogP contribution in [0.2, 0.25) is 0 Å². The number of hydrogen-bond acceptors (Lipinski definition) is 7. The molecule has 0 saturated heterocycles. The lowest BCUT2D eigenvalue weighted by Gasteiger charge is -2.13. The molecule has 1 aliphatic heterocycles. The van der Waals surface area contributed by atoms with Gasteiger partial charge >= 0.3 is 5.97 Å². The Morgan fingerprint density at radius 3 is 2.54 bits per heavy atom. The maximum Gasteiger partial charge on any atom is 0.338 e. The van der Waals surface area contributed by atoms with Gasteiger partial charge in [-0.1, -0.05) is 0 Å². The minimum absolute atomic E-state index is 0.110. The Hall–Kier alpha value is -3.62. The Balaban J connectivity index is 1.59. The fourth-order valence-corrected chi connectivity index (χ4v) is 2.22. The molecule has 1 N–H and O–H groups in total. The molecule has 0 aliphatic carbocycles. The van der Waals surface area contributed by atoms with Crippen molar-refractivity contribution < 1.29 is 28.7 Å². The Morgan fingerprint density at radius 1 is 1.15 bits per heavy atom. The zero-order valence-corrected chi connectivity index (χ0v) is 13.6. The Labute approximate surface area is 147 Å². The molecule has 9 heteroatoms. The number of hydrogen-bond donors (Lipinski definition) is 1. The summed E-state index contributed by atoms with van der Waals surface area (Å²) in [4.78, 5) is 34.3. The molecule has 3 rings (SSSR count). The van der Waals surface area contributed by atoms with Gasteiger partial charge in [-0.05, 0) is 31.2 Å². The SMILES string of the molecule is C[C@@H](OC(=O)c1ccc([N+](=O)[O-])cc1)C(=O)Nc1ccc2c(c1)OCO2. The molecule has 26 heavy (non-hydrogen) atoms. The zero-order valence-electron chi connectivity index (χ0n) is 13.6. The number of carbonyl (C=O) groups excluding carboxylic acids is 2. The largest absolute Gasteiger partial charge is 0.454 e. The molecule has 0 aromatic heterocycles. The highest BCUT2D eigenvalue weighted by atomic mass is 16.7. The highest BCUT2D eigenvalue weighted by Crippen LogP contribution is 2.34. The number of nitrogens with zero attached hydrogens (tertiary/aromatic N) is 1. The van der Waals surface area contributed by atoms with Crippen LogP contribution >= 0.6 is 0 Å². The predicted molar refractivity (Wildman–Crippen MR) is 89.2 cm³/mol. The molecule has 1 atom stereocenters. The highest BCUT2D eigenvalue weighted by molar-refractivity contribution is 5.97. The average molecular weight is 358 g/mol. The number of ether oxygens (including phenoxy) is 3.